The fraction of sp³-hybridized carbons (Fsp3) is 0. The van der Waals surface area contributed by atoms with Crippen LogP contribution in [0.3, 0.4) is 0 Å². The van der Waals surface area contributed by atoms with E-state index >= 15 is 0 Å². The third-order valence-corrected chi connectivity index (χ3v) is 4.38. The molecule has 2 heterocycles. The molecule has 4 rings (SSSR count). The first-order valence-electron chi connectivity index (χ1n) is 8.12. The van der Waals surface area contributed by atoms with Gasteiger partial charge in [0.2, 0.25) is 0 Å². The Labute approximate surface area is 165 Å². The molecule has 0 radical (unpaired) electrons. The van der Waals surface area contributed by atoms with Gasteiger partial charge in [0.15, 0.2) is 11.6 Å². The monoisotopic (exact) mass is 393 g/mol. The Kier molecular flexibility index (Phi) is 4.96. The van der Waals surface area contributed by atoms with Gasteiger partial charge < -0.3 is 0 Å². The zero-order chi connectivity index (χ0) is 18.6. The highest BCUT2D eigenvalue weighted by Crippen LogP contribution is 2.25. The zero-order valence-electron chi connectivity index (χ0n) is 14.0. The Morgan fingerprint density at radius 3 is 1.81 bits per heavy atom. The molecule has 0 aliphatic carbocycles. The van der Waals surface area contributed by atoms with Gasteiger partial charge in [-0.1, -0.05) is 35.3 Å². The molecule has 2 aromatic carbocycles. The molecule has 132 valence electrons. The second-order valence-corrected chi connectivity index (χ2v) is 6.57. The molecule has 0 saturated carbocycles. The van der Waals surface area contributed by atoms with E-state index in [0.717, 1.165) is 16.7 Å². The highest BCUT2D eigenvalue weighted by atomic mass is 35.5. The molecule has 0 saturated heterocycles. The van der Waals surface area contributed by atoms with Gasteiger partial charge in [0.1, 0.15) is 0 Å². The van der Waals surface area contributed by atoms with Crippen molar-refractivity contribution < 1.29 is 0 Å². The Bertz CT molecular complexity index is 1070. The summed E-state index contributed by atoms with van der Waals surface area (Å²) in [6.07, 6.45) is 5.16. The lowest BCUT2D eigenvalue weighted by Gasteiger charge is -2.05. The van der Waals surface area contributed by atoms with Crippen LogP contribution in [-0.2, 0) is 0 Å². The van der Waals surface area contributed by atoms with E-state index in [1.807, 2.05) is 60.7 Å². The van der Waals surface area contributed by atoms with Crippen molar-refractivity contribution >= 4 is 29.4 Å². The van der Waals surface area contributed by atoms with Crippen molar-refractivity contribution in [1.82, 2.24) is 19.9 Å². The molecule has 0 bridgehead atoms. The van der Waals surface area contributed by atoms with Crippen molar-refractivity contribution in [2.24, 2.45) is 5.10 Å². The summed E-state index contributed by atoms with van der Waals surface area (Å²) < 4.78 is 1.70. The predicted octanol–water partition coefficient (Wildman–Crippen LogP) is 5.20. The van der Waals surface area contributed by atoms with E-state index in [-0.39, 0.29) is 0 Å². The molecule has 27 heavy (non-hydrogen) atoms. The maximum absolute atomic E-state index is 6.00. The minimum Gasteiger partial charge on any atom is -0.265 e. The van der Waals surface area contributed by atoms with E-state index in [2.05, 4.69) is 20.3 Å². The van der Waals surface area contributed by atoms with E-state index in [4.69, 9.17) is 23.2 Å². The first kappa shape index (κ1) is 17.4. The van der Waals surface area contributed by atoms with E-state index in [9.17, 15) is 0 Å². The van der Waals surface area contributed by atoms with Crippen LogP contribution in [0.2, 0.25) is 10.0 Å². The summed E-state index contributed by atoms with van der Waals surface area (Å²) in [4.78, 5) is 4.05. The highest BCUT2D eigenvalue weighted by molar-refractivity contribution is 6.30. The van der Waals surface area contributed by atoms with Gasteiger partial charge >= 0.3 is 0 Å². The predicted molar refractivity (Wildman–Crippen MR) is 108 cm³/mol. The molecule has 0 amide bonds. The molecule has 0 N–H and O–H groups in total. The van der Waals surface area contributed by atoms with Crippen LogP contribution in [-0.4, -0.2) is 26.1 Å². The highest BCUT2D eigenvalue weighted by Gasteiger charge is 2.15. The molecule has 7 heteroatoms. The van der Waals surface area contributed by atoms with Crippen LogP contribution in [0.5, 0.6) is 0 Å². The van der Waals surface area contributed by atoms with Crippen molar-refractivity contribution in [2.45, 2.75) is 0 Å². The summed E-state index contributed by atoms with van der Waals surface area (Å²) in [7, 11) is 0. The maximum Gasteiger partial charge on any atom is 0.185 e. The molecule has 0 atom stereocenters. The van der Waals surface area contributed by atoms with Crippen LogP contribution in [0.1, 0.15) is 5.56 Å². The van der Waals surface area contributed by atoms with Crippen molar-refractivity contribution in [3.05, 3.63) is 88.7 Å². The van der Waals surface area contributed by atoms with Crippen LogP contribution in [0.4, 0.5) is 0 Å². The molecule has 2 aromatic heterocycles. The molecule has 0 fully saturated rings. The normalized spacial score (nSPS) is 11.2. The molecule has 5 nitrogen and oxygen atoms in total. The Morgan fingerprint density at radius 1 is 0.704 bits per heavy atom. The molecule has 0 aliphatic heterocycles. The summed E-state index contributed by atoms with van der Waals surface area (Å²) >= 11 is 12.0. The first-order valence-corrected chi connectivity index (χ1v) is 8.88. The summed E-state index contributed by atoms with van der Waals surface area (Å²) in [6, 6.07) is 18.5. The Morgan fingerprint density at radius 2 is 1.22 bits per heavy atom. The van der Waals surface area contributed by atoms with Gasteiger partial charge in [-0.05, 0) is 54.1 Å². The van der Waals surface area contributed by atoms with Gasteiger partial charge in [-0.15, -0.1) is 10.2 Å². The van der Waals surface area contributed by atoms with Crippen LogP contribution >= 0.6 is 23.2 Å². The quantitative estimate of drug-likeness (QED) is 0.448. The Balaban J connectivity index is 1.81. The van der Waals surface area contributed by atoms with Gasteiger partial charge in [0, 0.05) is 33.6 Å². The fourth-order valence-corrected chi connectivity index (χ4v) is 2.77. The Hall–Kier alpha value is -3.02. The largest absolute Gasteiger partial charge is 0.265 e. The molecule has 4 aromatic rings. The summed E-state index contributed by atoms with van der Waals surface area (Å²) in [6.45, 7) is 0. The van der Waals surface area contributed by atoms with Crippen molar-refractivity contribution in [2.75, 3.05) is 0 Å². The summed E-state index contributed by atoms with van der Waals surface area (Å²) in [5, 5.41) is 14.6. The molecular weight excluding hydrogens is 381 g/mol. The average Bonchev–Trinajstić information content (AvgIpc) is 3.13. The third-order valence-electron chi connectivity index (χ3n) is 3.87. The van der Waals surface area contributed by atoms with Gasteiger partial charge in [-0.3, -0.25) is 4.98 Å². The van der Waals surface area contributed by atoms with Gasteiger partial charge in [-0.2, -0.15) is 9.78 Å². The van der Waals surface area contributed by atoms with Crippen LogP contribution in [0.15, 0.2) is 78.2 Å². The number of pyridine rings is 1. The SMILES string of the molecule is Clc1ccc(/C=N/n2c(-c3ccncc3)nnc2-c2ccc(Cl)cc2)cc1. The topological polar surface area (TPSA) is 56.0 Å². The first-order chi connectivity index (χ1) is 13.2. The standard InChI is InChI=1S/C20H13Cl2N5/c21-17-5-1-14(2-6-17)13-24-27-19(15-3-7-18(22)8-4-15)25-26-20(27)16-9-11-23-12-10-16/h1-13H/b24-13+. The van der Waals surface area contributed by atoms with Crippen LogP contribution in [0.25, 0.3) is 22.8 Å². The number of halogens is 2. The van der Waals surface area contributed by atoms with Crippen molar-refractivity contribution in [3.8, 4) is 22.8 Å². The number of hydrogen-bond donors (Lipinski definition) is 0. The van der Waals surface area contributed by atoms with Crippen molar-refractivity contribution in [1.29, 1.82) is 0 Å². The van der Waals surface area contributed by atoms with Crippen LogP contribution in [0, 0.1) is 0 Å². The molecule has 0 unspecified atom stereocenters. The fourth-order valence-electron chi connectivity index (χ4n) is 2.52. The van der Waals surface area contributed by atoms with Gasteiger partial charge in [0.05, 0.1) is 6.21 Å². The molecular formula is C20H13Cl2N5. The summed E-state index contributed by atoms with van der Waals surface area (Å²) in [5.41, 5.74) is 2.64. The minimum atomic E-state index is 0.615. The zero-order valence-corrected chi connectivity index (χ0v) is 15.5. The van der Waals surface area contributed by atoms with E-state index in [1.54, 1.807) is 23.3 Å². The number of nitrogens with zero attached hydrogens (tertiary/aromatic N) is 5. The molecule has 0 aliphatic rings. The smallest absolute Gasteiger partial charge is 0.185 e. The lowest BCUT2D eigenvalue weighted by molar-refractivity contribution is 0.897. The number of hydrogen-bond acceptors (Lipinski definition) is 4. The number of benzene rings is 2. The maximum atomic E-state index is 6.00. The van der Waals surface area contributed by atoms with Crippen molar-refractivity contribution in [3.63, 3.8) is 0 Å². The molecule has 0 spiro atoms. The van der Waals surface area contributed by atoms with Crippen LogP contribution < -0.4 is 0 Å². The van der Waals surface area contributed by atoms with E-state index in [0.29, 0.717) is 21.7 Å². The summed E-state index contributed by atoms with van der Waals surface area (Å²) in [5.74, 6) is 1.23. The minimum absolute atomic E-state index is 0.615. The van der Waals surface area contributed by atoms with Gasteiger partial charge in [0.25, 0.3) is 0 Å². The number of rotatable bonds is 4. The average molecular weight is 394 g/mol. The second-order valence-electron chi connectivity index (χ2n) is 5.70. The lowest BCUT2D eigenvalue weighted by Crippen LogP contribution is -1.98. The van der Waals surface area contributed by atoms with Gasteiger partial charge in [-0.25, -0.2) is 0 Å². The second kappa shape index (κ2) is 7.70. The third kappa shape index (κ3) is 3.89. The lowest BCUT2D eigenvalue weighted by atomic mass is 10.2. The van der Waals surface area contributed by atoms with E-state index in [1.165, 1.54) is 0 Å². The van der Waals surface area contributed by atoms with E-state index < -0.39 is 0 Å². The number of aromatic nitrogens is 4.